The highest BCUT2D eigenvalue weighted by Crippen LogP contribution is 2.03. The first kappa shape index (κ1) is 12.4. The average Bonchev–Trinajstić information content (AvgIpc) is 2.19. The number of hydrogen-bond donors (Lipinski definition) is 1. The van der Waals surface area contributed by atoms with E-state index in [1.165, 1.54) is 0 Å². The van der Waals surface area contributed by atoms with E-state index in [1.54, 1.807) is 12.4 Å². The highest BCUT2D eigenvalue weighted by Gasteiger charge is 2.15. The van der Waals surface area contributed by atoms with E-state index in [0.717, 1.165) is 31.9 Å². The van der Waals surface area contributed by atoms with Gasteiger partial charge in [-0.2, -0.15) is 0 Å². The fourth-order valence-electron chi connectivity index (χ4n) is 1.80. The summed E-state index contributed by atoms with van der Waals surface area (Å²) in [5, 5.41) is 3.42. The first-order valence-corrected chi connectivity index (χ1v) is 5.05. The van der Waals surface area contributed by atoms with E-state index in [0.29, 0.717) is 6.04 Å². The summed E-state index contributed by atoms with van der Waals surface area (Å²) in [6, 6.07) is 0.584. The van der Waals surface area contributed by atoms with Crippen molar-refractivity contribution in [2.45, 2.75) is 19.5 Å². The van der Waals surface area contributed by atoms with Crippen molar-refractivity contribution in [3.05, 3.63) is 24.3 Å². The summed E-state index contributed by atoms with van der Waals surface area (Å²) in [7, 11) is 0. The number of hydrogen-bond acceptors (Lipinski definition) is 4. The Labute approximate surface area is 96.5 Å². The molecule has 0 amide bonds. The lowest BCUT2D eigenvalue weighted by Crippen LogP contribution is -2.48. The van der Waals surface area contributed by atoms with Gasteiger partial charge >= 0.3 is 0 Å². The molecule has 4 nitrogen and oxygen atoms in total. The van der Waals surface area contributed by atoms with Crippen molar-refractivity contribution in [3.8, 4) is 0 Å². The Balaban J connectivity index is 0.00000112. The average molecular weight is 229 g/mol. The molecule has 1 saturated heterocycles. The highest BCUT2D eigenvalue weighted by atomic mass is 35.5. The minimum absolute atomic E-state index is 0. The number of aromatic nitrogens is 2. The van der Waals surface area contributed by atoms with Crippen molar-refractivity contribution in [1.29, 1.82) is 0 Å². The van der Waals surface area contributed by atoms with E-state index >= 15 is 0 Å². The zero-order valence-corrected chi connectivity index (χ0v) is 9.70. The van der Waals surface area contributed by atoms with Gasteiger partial charge in [-0.05, 0) is 6.92 Å². The molecule has 15 heavy (non-hydrogen) atoms. The monoisotopic (exact) mass is 228 g/mol. The van der Waals surface area contributed by atoms with Gasteiger partial charge in [-0.25, -0.2) is 0 Å². The fraction of sp³-hybridized carbons (Fsp3) is 0.600. The van der Waals surface area contributed by atoms with Crippen molar-refractivity contribution in [2.75, 3.05) is 19.6 Å². The van der Waals surface area contributed by atoms with Gasteiger partial charge in [0.15, 0.2) is 0 Å². The molecule has 0 aromatic carbocycles. The maximum Gasteiger partial charge on any atom is 0.0726 e. The molecule has 1 aliphatic heterocycles. The summed E-state index contributed by atoms with van der Waals surface area (Å²) in [6.07, 6.45) is 5.30. The van der Waals surface area contributed by atoms with Crippen LogP contribution in [-0.2, 0) is 6.54 Å². The quantitative estimate of drug-likeness (QED) is 0.809. The van der Waals surface area contributed by atoms with Gasteiger partial charge < -0.3 is 5.32 Å². The zero-order valence-electron chi connectivity index (χ0n) is 8.89. The fourth-order valence-corrected chi connectivity index (χ4v) is 1.80. The first-order valence-electron chi connectivity index (χ1n) is 5.05. The van der Waals surface area contributed by atoms with Crippen LogP contribution in [0.4, 0.5) is 0 Å². The van der Waals surface area contributed by atoms with Gasteiger partial charge in [-0.3, -0.25) is 14.9 Å². The molecule has 1 aromatic rings. The van der Waals surface area contributed by atoms with Crippen LogP contribution in [0.2, 0.25) is 0 Å². The molecule has 1 N–H and O–H groups in total. The minimum atomic E-state index is 0. The maximum absolute atomic E-state index is 4.27. The molecule has 0 spiro atoms. The normalized spacial score (nSPS) is 22.1. The maximum atomic E-state index is 4.27. The first-order chi connectivity index (χ1) is 6.84. The van der Waals surface area contributed by atoms with Crippen molar-refractivity contribution < 1.29 is 0 Å². The van der Waals surface area contributed by atoms with Gasteiger partial charge in [0.1, 0.15) is 0 Å². The summed E-state index contributed by atoms with van der Waals surface area (Å²) in [6.45, 7) is 6.39. The lowest BCUT2D eigenvalue weighted by Gasteiger charge is -2.31. The molecule has 2 heterocycles. The minimum Gasteiger partial charge on any atom is -0.312 e. The Kier molecular flexibility index (Phi) is 4.94. The molecule has 0 saturated carbocycles. The molecule has 0 aliphatic carbocycles. The summed E-state index contributed by atoms with van der Waals surface area (Å²) in [5.41, 5.74) is 1.06. The third-order valence-electron chi connectivity index (χ3n) is 2.46. The number of nitrogens with one attached hydrogen (secondary N) is 1. The van der Waals surface area contributed by atoms with Crippen molar-refractivity contribution >= 4 is 12.4 Å². The number of rotatable bonds is 2. The van der Waals surface area contributed by atoms with Crippen LogP contribution in [0.1, 0.15) is 12.6 Å². The van der Waals surface area contributed by atoms with Gasteiger partial charge in [0.05, 0.1) is 5.69 Å². The van der Waals surface area contributed by atoms with Crippen LogP contribution >= 0.6 is 12.4 Å². The van der Waals surface area contributed by atoms with Gasteiger partial charge in [0.2, 0.25) is 0 Å². The summed E-state index contributed by atoms with van der Waals surface area (Å²) in [4.78, 5) is 10.7. The molecule has 2 rings (SSSR count). The Morgan fingerprint density at radius 1 is 1.53 bits per heavy atom. The van der Waals surface area contributed by atoms with E-state index in [-0.39, 0.29) is 12.4 Å². The highest BCUT2D eigenvalue weighted by molar-refractivity contribution is 5.85. The molecule has 1 aliphatic rings. The second-order valence-electron chi connectivity index (χ2n) is 3.79. The van der Waals surface area contributed by atoms with Crippen molar-refractivity contribution in [1.82, 2.24) is 20.2 Å². The predicted molar refractivity (Wildman–Crippen MR) is 62.0 cm³/mol. The van der Waals surface area contributed by atoms with E-state index in [1.807, 2.05) is 6.20 Å². The summed E-state index contributed by atoms with van der Waals surface area (Å²) >= 11 is 0. The molecule has 1 fully saturated rings. The number of piperazine rings is 1. The van der Waals surface area contributed by atoms with E-state index in [2.05, 4.69) is 27.1 Å². The largest absolute Gasteiger partial charge is 0.312 e. The standard InChI is InChI=1S/C10H16N4.ClH/c1-9-7-14(5-4-12-9)8-10-6-11-2-3-13-10;/h2-3,6,9,12H,4-5,7-8H2,1H3;1H. The summed E-state index contributed by atoms with van der Waals surface area (Å²) in [5.74, 6) is 0. The van der Waals surface area contributed by atoms with Crippen LogP contribution in [0.25, 0.3) is 0 Å². The predicted octanol–water partition coefficient (Wildman–Crippen LogP) is 0.692. The van der Waals surface area contributed by atoms with Gasteiger partial charge in [-0.1, -0.05) is 0 Å². The molecular formula is C10H17ClN4. The lowest BCUT2D eigenvalue weighted by molar-refractivity contribution is 0.197. The van der Waals surface area contributed by atoms with Crippen LogP contribution in [0.5, 0.6) is 0 Å². The third-order valence-corrected chi connectivity index (χ3v) is 2.46. The Hall–Kier alpha value is -0.710. The number of halogens is 1. The van der Waals surface area contributed by atoms with E-state index in [9.17, 15) is 0 Å². The third kappa shape index (κ3) is 3.74. The molecule has 0 bridgehead atoms. The Morgan fingerprint density at radius 3 is 3.07 bits per heavy atom. The smallest absolute Gasteiger partial charge is 0.0726 e. The van der Waals surface area contributed by atoms with Gasteiger partial charge in [0, 0.05) is 50.8 Å². The summed E-state index contributed by atoms with van der Waals surface area (Å²) < 4.78 is 0. The van der Waals surface area contributed by atoms with Crippen molar-refractivity contribution in [2.24, 2.45) is 0 Å². The molecule has 0 radical (unpaired) electrons. The van der Waals surface area contributed by atoms with Crippen molar-refractivity contribution in [3.63, 3.8) is 0 Å². The van der Waals surface area contributed by atoms with Gasteiger partial charge in [-0.15, -0.1) is 12.4 Å². The van der Waals surface area contributed by atoms with Gasteiger partial charge in [0.25, 0.3) is 0 Å². The van der Waals surface area contributed by atoms with Crippen LogP contribution in [0, 0.1) is 0 Å². The second-order valence-corrected chi connectivity index (χ2v) is 3.79. The van der Waals surface area contributed by atoms with E-state index in [4.69, 9.17) is 0 Å². The second kappa shape index (κ2) is 6.00. The van der Waals surface area contributed by atoms with Crippen LogP contribution < -0.4 is 5.32 Å². The topological polar surface area (TPSA) is 41.1 Å². The molecule has 1 unspecified atom stereocenters. The molecule has 5 heteroatoms. The van der Waals surface area contributed by atoms with Crippen LogP contribution in [0.3, 0.4) is 0 Å². The van der Waals surface area contributed by atoms with E-state index < -0.39 is 0 Å². The van der Waals surface area contributed by atoms with Crippen LogP contribution in [0.15, 0.2) is 18.6 Å². The Bertz CT molecular complexity index is 280. The molecule has 1 atom stereocenters. The number of nitrogens with zero attached hydrogens (tertiary/aromatic N) is 3. The lowest BCUT2D eigenvalue weighted by atomic mass is 10.2. The molecule has 1 aromatic heterocycles. The van der Waals surface area contributed by atoms with Crippen LogP contribution in [-0.4, -0.2) is 40.5 Å². The molecular weight excluding hydrogens is 212 g/mol. The SMILES string of the molecule is CC1CN(Cc2cnccn2)CCN1.Cl. The molecule has 84 valence electrons. The Morgan fingerprint density at radius 2 is 2.40 bits per heavy atom. The zero-order chi connectivity index (χ0) is 9.80.